The molecule has 328 valence electrons. The molecular weight excluding hydrogens is 981 g/mol. The Labute approximate surface area is 399 Å². The van der Waals surface area contributed by atoms with Crippen molar-refractivity contribution in [3.05, 3.63) is 232 Å². The van der Waals surface area contributed by atoms with Crippen molar-refractivity contribution in [1.29, 1.82) is 0 Å². The van der Waals surface area contributed by atoms with Crippen LogP contribution in [0.5, 0.6) is 0 Å². The van der Waals surface area contributed by atoms with Crippen LogP contribution in [0.4, 0.5) is 22.7 Å². The molecule has 2 atom stereocenters. The molecular formula is C44H22Cl6N8O8. The first-order chi connectivity index (χ1) is 31.4. The highest BCUT2D eigenvalue weighted by molar-refractivity contribution is 6.41. The van der Waals surface area contributed by atoms with E-state index in [1.807, 2.05) is 0 Å². The highest BCUT2D eigenvalue weighted by atomic mass is 35.5. The number of benzene rings is 4. The van der Waals surface area contributed by atoms with E-state index in [0.29, 0.717) is 27.4 Å². The lowest BCUT2D eigenvalue weighted by Crippen LogP contribution is -2.41. The van der Waals surface area contributed by atoms with Gasteiger partial charge in [0.25, 0.3) is 22.7 Å². The molecule has 22 heteroatoms. The molecule has 66 heavy (non-hydrogen) atoms. The van der Waals surface area contributed by atoms with Gasteiger partial charge in [-0.15, -0.1) is 11.6 Å². The molecule has 4 aromatic carbocycles. The molecule has 0 aliphatic carbocycles. The van der Waals surface area contributed by atoms with Crippen molar-refractivity contribution in [3.63, 3.8) is 0 Å². The van der Waals surface area contributed by atoms with Crippen molar-refractivity contribution in [2.45, 2.75) is 9.87 Å². The van der Waals surface area contributed by atoms with E-state index in [2.05, 4.69) is 9.97 Å². The van der Waals surface area contributed by atoms with Crippen LogP contribution >= 0.6 is 69.6 Å². The van der Waals surface area contributed by atoms with Gasteiger partial charge in [0.1, 0.15) is 20.1 Å². The molecule has 16 nitrogen and oxygen atoms in total. The number of hydrogen-bond acceptors (Lipinski definition) is 10. The maximum absolute atomic E-state index is 12.3. The number of H-pyrrole nitrogens is 2. The average molecular weight is 1000 g/mol. The Morgan fingerprint density at radius 3 is 1.48 bits per heavy atom. The molecule has 0 radical (unpaired) electrons. The number of halogens is 6. The lowest BCUT2D eigenvalue weighted by molar-refractivity contribution is -0.384. The largest absolute Gasteiger partial charge is 0.356 e. The van der Waals surface area contributed by atoms with Gasteiger partial charge in [-0.1, -0.05) is 82.3 Å². The summed E-state index contributed by atoms with van der Waals surface area (Å²) in [5, 5.41) is 49.0. The number of alkyl halides is 2. The molecule has 9 rings (SSSR count). The number of fused-ring (bicyclic) bond motifs is 6. The van der Waals surface area contributed by atoms with E-state index in [-0.39, 0.29) is 70.9 Å². The molecule has 2 N–H and O–H groups in total. The molecule has 3 aliphatic heterocycles. The quantitative estimate of drug-likeness (QED) is 0.0643. The summed E-state index contributed by atoms with van der Waals surface area (Å²) in [6.07, 6.45) is 6.28. The van der Waals surface area contributed by atoms with Crippen LogP contribution < -0.4 is 10.7 Å². The highest BCUT2D eigenvalue weighted by Crippen LogP contribution is 2.54. The number of nitrogens with zero attached hydrogens (tertiary/aromatic N) is 6. The average Bonchev–Trinajstić information content (AvgIpc) is 4.12. The molecule has 0 saturated carbocycles. The van der Waals surface area contributed by atoms with Crippen LogP contribution in [0, 0.1) is 40.5 Å². The van der Waals surface area contributed by atoms with Crippen molar-refractivity contribution in [1.82, 2.24) is 9.97 Å². The molecule has 0 amide bonds. The Balaban J connectivity index is 1.45. The summed E-state index contributed by atoms with van der Waals surface area (Å²) in [5.74, 6) is 0. The summed E-state index contributed by atoms with van der Waals surface area (Å²) in [6.45, 7) is 0. The Kier molecular flexibility index (Phi) is 11.1. The Morgan fingerprint density at radius 2 is 0.970 bits per heavy atom. The number of allylic oxidation sites excluding steroid dienone is 3. The molecule has 0 saturated heterocycles. The second-order valence-electron chi connectivity index (χ2n) is 14.8. The fourth-order valence-corrected chi connectivity index (χ4v) is 9.45. The minimum Gasteiger partial charge on any atom is -0.356 e. The number of aromatic amines is 2. The van der Waals surface area contributed by atoms with Crippen LogP contribution in [0.3, 0.4) is 0 Å². The van der Waals surface area contributed by atoms with Gasteiger partial charge in [-0.25, -0.2) is 4.99 Å². The topological polar surface area (TPSA) is 229 Å². The van der Waals surface area contributed by atoms with Gasteiger partial charge in [-0.3, -0.25) is 45.4 Å². The van der Waals surface area contributed by atoms with Gasteiger partial charge in [0, 0.05) is 63.1 Å². The SMILES string of the molecule is O=[N+]([O-])c1cc(C2=C3C=CC(=N3)C(c3ccc(Cl)c([N+](=O)[O-])c3)=c3ccc([nH]3)=C(c3ccc(Cl)c([N+](=O)[O-])c3)C3=NC(Cl)(C=C3)C(Cl)(c3ccc(Cl)c([N+](=O)[O-])c3)c3ccc2[nH]3)ccc1Cl. The predicted molar refractivity (Wildman–Crippen MR) is 253 cm³/mol. The minimum absolute atomic E-state index is 0.0685. The first-order valence-electron chi connectivity index (χ1n) is 19.0. The van der Waals surface area contributed by atoms with Gasteiger partial charge in [0.05, 0.1) is 36.8 Å². The predicted octanol–water partition coefficient (Wildman–Crippen LogP) is 10.9. The van der Waals surface area contributed by atoms with Crippen molar-refractivity contribution in [2.24, 2.45) is 9.98 Å². The number of aliphatic imine (C=N–C) groups is 2. The Hall–Kier alpha value is -6.92. The Morgan fingerprint density at radius 1 is 0.500 bits per heavy atom. The van der Waals surface area contributed by atoms with Crippen LogP contribution in [-0.4, -0.2) is 46.1 Å². The van der Waals surface area contributed by atoms with Crippen molar-refractivity contribution >= 4 is 120 Å². The maximum atomic E-state index is 12.3. The van der Waals surface area contributed by atoms with E-state index < -0.39 is 52.3 Å². The highest BCUT2D eigenvalue weighted by Gasteiger charge is 2.54. The second kappa shape index (κ2) is 16.5. The zero-order valence-electron chi connectivity index (χ0n) is 32.8. The first-order valence-corrected chi connectivity index (χ1v) is 21.2. The van der Waals surface area contributed by atoms with Gasteiger partial charge >= 0.3 is 0 Å². The number of rotatable bonds is 8. The fourth-order valence-electron chi connectivity index (χ4n) is 8.00. The van der Waals surface area contributed by atoms with E-state index in [4.69, 9.17) is 79.6 Å². The smallest absolute Gasteiger partial charge is 0.288 e. The van der Waals surface area contributed by atoms with Crippen LogP contribution in [0.15, 0.2) is 137 Å². The molecule has 0 fully saturated rings. The molecule has 2 aromatic heterocycles. The third-order valence-electron chi connectivity index (χ3n) is 11.0. The second-order valence-corrected chi connectivity index (χ2v) is 17.5. The maximum Gasteiger partial charge on any atom is 0.288 e. The normalized spacial score (nSPS) is 18.7. The third kappa shape index (κ3) is 7.37. The summed E-state index contributed by atoms with van der Waals surface area (Å²) < 4.78 is 0. The number of nitro benzene ring substituents is 4. The van der Waals surface area contributed by atoms with E-state index >= 15 is 0 Å². The summed E-state index contributed by atoms with van der Waals surface area (Å²) in [5.41, 5.74) is 1.15. The van der Waals surface area contributed by atoms with Crippen molar-refractivity contribution in [2.75, 3.05) is 0 Å². The Bertz CT molecular complexity index is 3500. The van der Waals surface area contributed by atoms with Crippen molar-refractivity contribution in [3.8, 4) is 0 Å². The van der Waals surface area contributed by atoms with Gasteiger partial charge in [0.2, 0.25) is 0 Å². The van der Waals surface area contributed by atoms with E-state index in [1.165, 1.54) is 66.7 Å². The number of hydrogen-bond donors (Lipinski definition) is 2. The monoisotopic (exact) mass is 1000 g/mol. The van der Waals surface area contributed by atoms with E-state index in [0.717, 1.165) is 0 Å². The minimum atomic E-state index is -2.05. The van der Waals surface area contributed by atoms with Gasteiger partial charge in [-0.05, 0) is 95.1 Å². The number of aromatic nitrogens is 2. The molecule has 0 spiro atoms. The standard InChI is InChI=1S/C44H22Cl6N8O8/c45-25-5-1-21(17-35(25)55(59)60)40-29-9-10-31(51-29)41(22-2-6-26(46)36(18-22)56(61)62)33-13-14-39(53-33)44(50,24-4-8-28(48)38(20-24)58(65)66)43(49)16-15-34(54-43)42(32-12-11-30(40)52-32)23-3-7-27(47)37(19-23)57(63)64/h1-20,52-53H. The summed E-state index contributed by atoms with van der Waals surface area (Å²) in [7, 11) is 0. The number of nitrogens with one attached hydrogen (secondary N) is 2. The summed E-state index contributed by atoms with van der Waals surface area (Å²) in [6, 6.07) is 22.9. The van der Waals surface area contributed by atoms with E-state index in [1.54, 1.807) is 54.6 Å². The number of nitro groups is 4. The zero-order valence-corrected chi connectivity index (χ0v) is 37.3. The van der Waals surface area contributed by atoms with Gasteiger partial charge in [-0.2, -0.15) is 0 Å². The van der Waals surface area contributed by atoms with Crippen molar-refractivity contribution < 1.29 is 19.7 Å². The van der Waals surface area contributed by atoms with Gasteiger partial charge < -0.3 is 9.97 Å². The molecule has 6 aromatic rings. The van der Waals surface area contributed by atoms with Gasteiger partial charge in [0.15, 0.2) is 9.87 Å². The lowest BCUT2D eigenvalue weighted by atomic mass is 9.87. The molecule has 2 unspecified atom stereocenters. The third-order valence-corrected chi connectivity index (χ3v) is 13.6. The van der Waals surface area contributed by atoms with E-state index in [9.17, 15) is 40.5 Å². The van der Waals surface area contributed by atoms with Crippen LogP contribution in [0.2, 0.25) is 20.1 Å². The fraction of sp³-hybridized carbons (Fsp3) is 0.0455. The zero-order chi connectivity index (χ0) is 47.0. The summed E-state index contributed by atoms with van der Waals surface area (Å²) in [4.78, 5) is 58.9. The van der Waals surface area contributed by atoms with Crippen LogP contribution in [0.25, 0.3) is 16.7 Å². The first kappa shape index (κ1) is 44.3. The summed E-state index contributed by atoms with van der Waals surface area (Å²) >= 11 is 40.6. The lowest BCUT2D eigenvalue weighted by Gasteiger charge is -2.36. The molecule has 3 aliphatic rings. The van der Waals surface area contributed by atoms with Crippen LogP contribution in [-0.2, 0) is 4.87 Å². The molecule has 8 bridgehead atoms. The molecule has 5 heterocycles. The van der Waals surface area contributed by atoms with Crippen LogP contribution in [0.1, 0.15) is 33.6 Å².